The number of anilines is 2. The standard InChI is InChI=1S/C18H19N3/c1-13-7-3-4-8-14(13)12-21(2)18-15-9-5-6-10-17(15)20-11-16(18)19/h3-11H,12,19H2,1-2H3. The highest BCUT2D eigenvalue weighted by Gasteiger charge is 2.12. The highest BCUT2D eigenvalue weighted by Crippen LogP contribution is 2.31. The van der Waals surface area contributed by atoms with Crippen LogP contribution in [0.2, 0.25) is 0 Å². The van der Waals surface area contributed by atoms with Crippen molar-refractivity contribution < 1.29 is 0 Å². The van der Waals surface area contributed by atoms with E-state index in [2.05, 4.69) is 54.2 Å². The second-order valence-electron chi connectivity index (χ2n) is 5.36. The average Bonchev–Trinajstić information content (AvgIpc) is 2.49. The third-order valence-corrected chi connectivity index (χ3v) is 3.83. The molecule has 1 heterocycles. The summed E-state index contributed by atoms with van der Waals surface area (Å²) in [6.45, 7) is 2.96. The molecule has 0 saturated heterocycles. The molecule has 0 unspecified atom stereocenters. The molecule has 0 atom stereocenters. The molecule has 0 spiro atoms. The second-order valence-corrected chi connectivity index (χ2v) is 5.36. The molecule has 2 aromatic carbocycles. The molecule has 0 aliphatic rings. The average molecular weight is 277 g/mol. The first-order chi connectivity index (χ1) is 10.2. The monoisotopic (exact) mass is 277 g/mol. The van der Waals surface area contributed by atoms with Crippen LogP contribution in [0.25, 0.3) is 10.9 Å². The van der Waals surface area contributed by atoms with Gasteiger partial charge in [-0.3, -0.25) is 4.98 Å². The zero-order valence-corrected chi connectivity index (χ0v) is 12.4. The summed E-state index contributed by atoms with van der Waals surface area (Å²) in [6, 6.07) is 16.5. The molecule has 0 amide bonds. The van der Waals surface area contributed by atoms with Crippen LogP contribution in [0, 0.1) is 6.92 Å². The first kappa shape index (κ1) is 13.4. The lowest BCUT2D eigenvalue weighted by atomic mass is 10.1. The van der Waals surface area contributed by atoms with Crippen LogP contribution >= 0.6 is 0 Å². The van der Waals surface area contributed by atoms with Crippen molar-refractivity contribution in [2.45, 2.75) is 13.5 Å². The number of fused-ring (bicyclic) bond motifs is 1. The number of hydrogen-bond acceptors (Lipinski definition) is 3. The van der Waals surface area contributed by atoms with Crippen molar-refractivity contribution in [3.8, 4) is 0 Å². The SMILES string of the molecule is Cc1ccccc1CN(C)c1c(N)cnc2ccccc12. The maximum absolute atomic E-state index is 6.18. The Kier molecular flexibility index (Phi) is 3.48. The van der Waals surface area contributed by atoms with Gasteiger partial charge in [-0.2, -0.15) is 0 Å². The number of aromatic nitrogens is 1. The molecule has 0 saturated carbocycles. The minimum atomic E-state index is 0.713. The lowest BCUT2D eigenvalue weighted by Crippen LogP contribution is -2.19. The minimum Gasteiger partial charge on any atom is -0.396 e. The van der Waals surface area contributed by atoms with Crippen molar-refractivity contribution in [2.75, 3.05) is 17.7 Å². The smallest absolute Gasteiger partial charge is 0.0745 e. The third kappa shape index (κ3) is 2.55. The molecule has 0 bridgehead atoms. The van der Waals surface area contributed by atoms with Crippen LogP contribution < -0.4 is 10.6 Å². The van der Waals surface area contributed by atoms with E-state index in [-0.39, 0.29) is 0 Å². The molecule has 0 aliphatic carbocycles. The van der Waals surface area contributed by atoms with E-state index in [1.807, 2.05) is 18.2 Å². The van der Waals surface area contributed by atoms with Gasteiger partial charge in [-0.1, -0.05) is 42.5 Å². The predicted octanol–water partition coefficient (Wildman–Crippen LogP) is 3.76. The number of para-hydroxylation sites is 1. The summed E-state index contributed by atoms with van der Waals surface area (Å²) in [5.74, 6) is 0. The van der Waals surface area contributed by atoms with E-state index in [1.54, 1.807) is 6.20 Å². The number of benzene rings is 2. The summed E-state index contributed by atoms with van der Waals surface area (Å²) in [5, 5.41) is 1.09. The van der Waals surface area contributed by atoms with E-state index in [1.165, 1.54) is 11.1 Å². The number of rotatable bonds is 3. The van der Waals surface area contributed by atoms with E-state index in [9.17, 15) is 0 Å². The number of hydrogen-bond donors (Lipinski definition) is 1. The molecule has 3 aromatic rings. The molecule has 106 valence electrons. The summed E-state index contributed by atoms with van der Waals surface area (Å²) < 4.78 is 0. The fraction of sp³-hybridized carbons (Fsp3) is 0.167. The minimum absolute atomic E-state index is 0.713. The zero-order chi connectivity index (χ0) is 14.8. The van der Waals surface area contributed by atoms with Crippen molar-refractivity contribution >= 4 is 22.3 Å². The van der Waals surface area contributed by atoms with Crippen LogP contribution in [0.4, 0.5) is 11.4 Å². The normalized spacial score (nSPS) is 10.8. The van der Waals surface area contributed by atoms with Gasteiger partial charge in [-0.25, -0.2) is 0 Å². The molecule has 3 nitrogen and oxygen atoms in total. The molecule has 0 aliphatic heterocycles. The van der Waals surface area contributed by atoms with E-state index >= 15 is 0 Å². The Balaban J connectivity index is 2.04. The van der Waals surface area contributed by atoms with Gasteiger partial charge in [0.1, 0.15) is 0 Å². The third-order valence-electron chi connectivity index (χ3n) is 3.83. The van der Waals surface area contributed by atoms with E-state index in [0.29, 0.717) is 5.69 Å². The Morgan fingerprint density at radius 3 is 2.57 bits per heavy atom. The van der Waals surface area contributed by atoms with Crippen molar-refractivity contribution in [2.24, 2.45) is 0 Å². The Morgan fingerprint density at radius 1 is 1.05 bits per heavy atom. The van der Waals surface area contributed by atoms with Gasteiger partial charge >= 0.3 is 0 Å². The largest absolute Gasteiger partial charge is 0.396 e. The molecule has 21 heavy (non-hydrogen) atoms. The first-order valence-corrected chi connectivity index (χ1v) is 7.05. The van der Waals surface area contributed by atoms with Crippen LogP contribution in [-0.2, 0) is 6.54 Å². The van der Waals surface area contributed by atoms with Gasteiger partial charge in [0.05, 0.1) is 23.1 Å². The van der Waals surface area contributed by atoms with Gasteiger partial charge < -0.3 is 10.6 Å². The van der Waals surface area contributed by atoms with Crippen molar-refractivity contribution in [1.82, 2.24) is 4.98 Å². The zero-order valence-electron chi connectivity index (χ0n) is 12.4. The van der Waals surface area contributed by atoms with Crippen LogP contribution in [0.3, 0.4) is 0 Å². The van der Waals surface area contributed by atoms with Crippen LogP contribution in [0.15, 0.2) is 54.7 Å². The number of aryl methyl sites for hydroxylation is 1. The molecule has 3 rings (SSSR count). The van der Waals surface area contributed by atoms with E-state index < -0.39 is 0 Å². The van der Waals surface area contributed by atoms with Gasteiger partial charge in [0.15, 0.2) is 0 Å². The Labute approximate surface area is 125 Å². The van der Waals surface area contributed by atoms with Gasteiger partial charge in [0.2, 0.25) is 0 Å². The fourth-order valence-electron chi connectivity index (χ4n) is 2.69. The Bertz CT molecular complexity index is 780. The number of pyridine rings is 1. The topological polar surface area (TPSA) is 42.1 Å². The second kappa shape index (κ2) is 5.44. The summed E-state index contributed by atoms with van der Waals surface area (Å²) in [5.41, 5.74) is 11.5. The van der Waals surface area contributed by atoms with Crippen molar-refractivity contribution in [3.63, 3.8) is 0 Å². The van der Waals surface area contributed by atoms with E-state index in [4.69, 9.17) is 5.73 Å². The predicted molar refractivity (Wildman–Crippen MR) is 89.4 cm³/mol. The van der Waals surface area contributed by atoms with Crippen LogP contribution in [0.5, 0.6) is 0 Å². The Morgan fingerprint density at radius 2 is 1.76 bits per heavy atom. The molecular formula is C18H19N3. The number of nitrogens with two attached hydrogens (primary N) is 1. The fourth-order valence-corrected chi connectivity index (χ4v) is 2.69. The highest BCUT2D eigenvalue weighted by atomic mass is 15.1. The van der Waals surface area contributed by atoms with Gasteiger partial charge in [0, 0.05) is 19.0 Å². The maximum Gasteiger partial charge on any atom is 0.0745 e. The summed E-state index contributed by atoms with van der Waals surface area (Å²) in [7, 11) is 2.07. The lowest BCUT2D eigenvalue weighted by Gasteiger charge is -2.23. The van der Waals surface area contributed by atoms with Gasteiger partial charge in [-0.05, 0) is 24.1 Å². The molecule has 3 heteroatoms. The molecule has 1 aromatic heterocycles. The Hall–Kier alpha value is -2.55. The van der Waals surface area contributed by atoms with Crippen LogP contribution in [0.1, 0.15) is 11.1 Å². The molecule has 0 radical (unpaired) electrons. The van der Waals surface area contributed by atoms with Gasteiger partial charge in [0.25, 0.3) is 0 Å². The highest BCUT2D eigenvalue weighted by molar-refractivity contribution is 5.97. The summed E-state index contributed by atoms with van der Waals surface area (Å²) >= 11 is 0. The number of nitrogen functional groups attached to an aromatic ring is 1. The quantitative estimate of drug-likeness (QED) is 0.792. The molecule has 2 N–H and O–H groups in total. The van der Waals surface area contributed by atoms with Crippen molar-refractivity contribution in [1.29, 1.82) is 0 Å². The maximum atomic E-state index is 6.18. The van der Waals surface area contributed by atoms with Crippen LogP contribution in [-0.4, -0.2) is 12.0 Å². The summed E-state index contributed by atoms with van der Waals surface area (Å²) in [6.07, 6.45) is 1.74. The lowest BCUT2D eigenvalue weighted by molar-refractivity contribution is 0.919. The number of nitrogens with zero attached hydrogens (tertiary/aromatic N) is 2. The molecular weight excluding hydrogens is 258 g/mol. The molecule has 0 fully saturated rings. The van der Waals surface area contributed by atoms with Crippen molar-refractivity contribution in [3.05, 3.63) is 65.9 Å². The van der Waals surface area contributed by atoms with E-state index in [0.717, 1.165) is 23.1 Å². The van der Waals surface area contributed by atoms with Gasteiger partial charge in [-0.15, -0.1) is 0 Å². The summed E-state index contributed by atoms with van der Waals surface area (Å²) in [4.78, 5) is 6.59. The first-order valence-electron chi connectivity index (χ1n) is 7.05.